The molecular weight excluding hydrogens is 582 g/mol. The van der Waals surface area contributed by atoms with Crippen molar-refractivity contribution in [2.75, 3.05) is 24.6 Å². The van der Waals surface area contributed by atoms with Gasteiger partial charge < -0.3 is 26.6 Å². The second-order valence-electron chi connectivity index (χ2n) is 15.8. The number of Topliss-reactive ketones (excluding diaryl/α,β-unsaturated/α-hetero) is 1. The molecule has 252 valence electrons. The molecule has 4 saturated carbocycles. The minimum Gasteiger partial charge on any atom is -0.461 e. The summed E-state index contributed by atoms with van der Waals surface area (Å²) < 4.78 is 6.55. The van der Waals surface area contributed by atoms with E-state index in [4.69, 9.17) is 16.2 Å². The number of rotatable bonds is 11. The van der Waals surface area contributed by atoms with E-state index in [1.807, 2.05) is 0 Å². The Balaban J connectivity index is 1.35. The monoisotopic (exact) mass is 641 g/mol. The van der Waals surface area contributed by atoms with Crippen LogP contribution in [-0.2, 0) is 27.4 Å². The molecule has 6 N–H and O–H groups in total. The van der Waals surface area contributed by atoms with Crippen molar-refractivity contribution in [3.63, 3.8) is 0 Å². The molecule has 0 radical (unpaired) electrons. The van der Waals surface area contributed by atoms with Gasteiger partial charge in [0.2, 0.25) is 0 Å². The Morgan fingerprint density at radius 1 is 1.02 bits per heavy atom. The molecular formula is C37H59N3O4S. The molecule has 1 aromatic carbocycles. The fourth-order valence-electron chi connectivity index (χ4n) is 9.95. The van der Waals surface area contributed by atoms with Gasteiger partial charge in [0.15, 0.2) is 0 Å². The van der Waals surface area contributed by atoms with Crippen LogP contribution in [0.3, 0.4) is 0 Å². The molecule has 1 aromatic rings. The maximum Gasteiger partial charge on any atom is 0.316 e. The highest BCUT2D eigenvalue weighted by molar-refractivity contribution is 7.99. The number of aliphatic hydroxyl groups excluding tert-OH is 1. The number of nitrogens with two attached hydrogens (primary N) is 2. The van der Waals surface area contributed by atoms with E-state index in [-0.39, 0.29) is 29.1 Å². The van der Waals surface area contributed by atoms with Crippen LogP contribution in [0.5, 0.6) is 0 Å². The van der Waals surface area contributed by atoms with Crippen LogP contribution in [-0.4, -0.2) is 53.7 Å². The topological polar surface area (TPSA) is 128 Å². The first-order chi connectivity index (χ1) is 21.5. The van der Waals surface area contributed by atoms with Crippen LogP contribution in [0.2, 0.25) is 0 Å². The van der Waals surface area contributed by atoms with E-state index in [2.05, 4.69) is 57.3 Å². The van der Waals surface area contributed by atoms with Gasteiger partial charge in [0, 0.05) is 42.8 Å². The molecule has 7 nitrogen and oxygen atoms in total. The third-order valence-electron chi connectivity index (χ3n) is 13.2. The Morgan fingerprint density at radius 2 is 1.69 bits per heavy atom. The quantitative estimate of drug-likeness (QED) is 0.235. The SMILES string of the molecule is C[C@@H]1CC[C@@]23CCC(=O)C2[C@]1(C)[C@H](OC(=O)CSCC1CCC(CN)CC1)C[C@](C)(CNCc1ccc(CN)cc1)[C@@H](O)[C@@H]3C. The lowest BCUT2D eigenvalue weighted by Crippen LogP contribution is -2.64. The van der Waals surface area contributed by atoms with Crippen molar-refractivity contribution in [1.29, 1.82) is 0 Å². The highest BCUT2D eigenvalue weighted by Gasteiger charge is 2.68. The second-order valence-corrected chi connectivity index (χ2v) is 16.8. The molecule has 45 heavy (non-hydrogen) atoms. The number of benzene rings is 1. The van der Waals surface area contributed by atoms with E-state index < -0.39 is 23.0 Å². The molecule has 0 amide bonds. The summed E-state index contributed by atoms with van der Waals surface area (Å²) >= 11 is 1.69. The maximum atomic E-state index is 13.8. The van der Waals surface area contributed by atoms with Crippen molar-refractivity contribution >= 4 is 23.5 Å². The first-order valence-electron chi connectivity index (χ1n) is 17.6. The standard InChI is InChI=1S/C37H59N3O4S/c1-24-13-15-37-16-14-30(41)33(37)36(24,4)31(44-32(42)22-45-21-29-11-7-27(19-39)8-12-29)17-35(3,34(43)25(37)2)23-40-20-28-9-5-26(18-38)6-10-28/h5-6,9-10,24-25,27,29,31,33-34,40,43H,7-8,11-23,38-39H2,1-4H3/t24-,25+,27?,29?,31-,33?,34+,35-,36+,37+/m1/s1. The second kappa shape index (κ2) is 14.3. The molecule has 4 fully saturated rings. The van der Waals surface area contributed by atoms with E-state index in [0.717, 1.165) is 42.7 Å². The van der Waals surface area contributed by atoms with Crippen LogP contribution in [0, 0.1) is 45.8 Å². The zero-order chi connectivity index (χ0) is 32.4. The average Bonchev–Trinajstić information content (AvgIpc) is 3.40. The summed E-state index contributed by atoms with van der Waals surface area (Å²) in [5, 5.41) is 15.9. The van der Waals surface area contributed by atoms with Crippen LogP contribution in [0.4, 0.5) is 0 Å². The zero-order valence-electron chi connectivity index (χ0n) is 28.2. The van der Waals surface area contributed by atoms with Crippen molar-refractivity contribution in [3.8, 4) is 0 Å². The maximum absolute atomic E-state index is 13.8. The number of carbonyl (C=O) groups is 2. The number of hydrogen-bond donors (Lipinski definition) is 4. The van der Waals surface area contributed by atoms with E-state index in [1.54, 1.807) is 11.8 Å². The minimum absolute atomic E-state index is 0.0296. The molecule has 0 spiro atoms. The van der Waals surface area contributed by atoms with Crippen molar-refractivity contribution in [3.05, 3.63) is 35.4 Å². The lowest BCUT2D eigenvalue weighted by Gasteiger charge is -2.62. The number of aliphatic hydroxyl groups is 1. The molecule has 0 heterocycles. The lowest BCUT2D eigenvalue weighted by molar-refractivity contribution is -0.210. The molecule has 2 bridgehead atoms. The van der Waals surface area contributed by atoms with Gasteiger partial charge in [-0.2, -0.15) is 0 Å². The number of thioether (sulfide) groups is 1. The Hall–Kier alpha value is -1.45. The van der Waals surface area contributed by atoms with Gasteiger partial charge in [0.25, 0.3) is 0 Å². The van der Waals surface area contributed by atoms with E-state index >= 15 is 0 Å². The van der Waals surface area contributed by atoms with Crippen LogP contribution < -0.4 is 16.8 Å². The first kappa shape index (κ1) is 34.9. The summed E-state index contributed by atoms with van der Waals surface area (Å²) in [7, 11) is 0. The fourth-order valence-corrected chi connectivity index (χ4v) is 11.0. The van der Waals surface area contributed by atoms with E-state index in [0.29, 0.717) is 55.8 Å². The Kier molecular flexibility index (Phi) is 11.1. The van der Waals surface area contributed by atoms with Gasteiger partial charge in [0.05, 0.1) is 11.9 Å². The largest absolute Gasteiger partial charge is 0.461 e. The van der Waals surface area contributed by atoms with Crippen molar-refractivity contribution in [2.24, 2.45) is 57.3 Å². The van der Waals surface area contributed by atoms with E-state index in [9.17, 15) is 14.7 Å². The lowest BCUT2D eigenvalue weighted by atomic mass is 9.44. The molecule has 0 aliphatic heterocycles. The molecule has 8 atom stereocenters. The fraction of sp³-hybridized carbons (Fsp3) is 0.784. The minimum atomic E-state index is -0.629. The van der Waals surface area contributed by atoms with Crippen LogP contribution in [0.25, 0.3) is 0 Å². The van der Waals surface area contributed by atoms with Crippen LogP contribution >= 0.6 is 11.8 Å². The molecule has 4 aliphatic rings. The number of ketones is 1. The van der Waals surface area contributed by atoms with Gasteiger partial charge in [-0.25, -0.2) is 0 Å². The molecule has 0 saturated heterocycles. The highest BCUT2D eigenvalue weighted by atomic mass is 32.2. The van der Waals surface area contributed by atoms with Crippen molar-refractivity contribution in [2.45, 2.75) is 111 Å². The smallest absolute Gasteiger partial charge is 0.316 e. The number of esters is 1. The third-order valence-corrected chi connectivity index (χ3v) is 14.3. The summed E-state index contributed by atoms with van der Waals surface area (Å²) in [4.78, 5) is 27.4. The van der Waals surface area contributed by atoms with Crippen LogP contribution in [0.15, 0.2) is 24.3 Å². The van der Waals surface area contributed by atoms with Gasteiger partial charge in [-0.05, 0) is 104 Å². The van der Waals surface area contributed by atoms with Gasteiger partial charge >= 0.3 is 5.97 Å². The number of nitrogens with one attached hydrogen (secondary N) is 1. The predicted octanol–water partition coefficient (Wildman–Crippen LogP) is 5.45. The molecule has 0 aromatic heterocycles. The van der Waals surface area contributed by atoms with Crippen LogP contribution in [0.1, 0.15) is 96.6 Å². The van der Waals surface area contributed by atoms with Gasteiger partial charge in [-0.1, -0.05) is 52.0 Å². The summed E-state index contributed by atoms with van der Waals surface area (Å²) in [5.41, 5.74) is 12.7. The number of hydrogen-bond acceptors (Lipinski definition) is 8. The summed E-state index contributed by atoms with van der Waals surface area (Å²) in [6.07, 6.45) is 7.51. The summed E-state index contributed by atoms with van der Waals surface area (Å²) in [6, 6.07) is 8.32. The van der Waals surface area contributed by atoms with Gasteiger partial charge in [-0.3, -0.25) is 9.59 Å². The molecule has 1 unspecified atom stereocenters. The van der Waals surface area contributed by atoms with Crippen molar-refractivity contribution in [1.82, 2.24) is 5.32 Å². The van der Waals surface area contributed by atoms with Gasteiger partial charge in [-0.15, -0.1) is 11.8 Å². The van der Waals surface area contributed by atoms with Crippen molar-refractivity contribution < 1.29 is 19.4 Å². The molecule has 5 rings (SSSR count). The van der Waals surface area contributed by atoms with E-state index in [1.165, 1.54) is 25.7 Å². The number of ether oxygens (including phenoxy) is 1. The van der Waals surface area contributed by atoms with Gasteiger partial charge in [0.1, 0.15) is 11.9 Å². The Labute approximate surface area is 275 Å². The first-order valence-corrected chi connectivity index (χ1v) is 18.8. The Morgan fingerprint density at radius 3 is 2.36 bits per heavy atom. The average molecular weight is 642 g/mol. The summed E-state index contributed by atoms with van der Waals surface area (Å²) in [5.74, 6) is 2.71. The third kappa shape index (κ3) is 6.92. The summed E-state index contributed by atoms with van der Waals surface area (Å²) in [6.45, 7) is 11.4. The predicted molar refractivity (Wildman–Crippen MR) is 182 cm³/mol. The molecule has 8 heteroatoms. The highest BCUT2D eigenvalue weighted by Crippen LogP contribution is 2.67. The number of carbonyl (C=O) groups excluding carboxylic acids is 2. The zero-order valence-corrected chi connectivity index (χ0v) is 29.0. The Bertz CT molecular complexity index is 1170. The normalized spacial score (nSPS) is 40.0. The molecule has 4 aliphatic carbocycles.